The van der Waals surface area contributed by atoms with Crippen molar-refractivity contribution in [3.05, 3.63) is 47.8 Å². The van der Waals surface area contributed by atoms with Crippen LogP contribution in [0.25, 0.3) is 11.1 Å². The van der Waals surface area contributed by atoms with Crippen LogP contribution < -0.4 is 0 Å². The Morgan fingerprint density at radius 2 is 1.64 bits per heavy atom. The van der Waals surface area contributed by atoms with E-state index in [0.29, 0.717) is 17.3 Å². The van der Waals surface area contributed by atoms with Crippen LogP contribution in [0.4, 0.5) is 4.39 Å². The Labute approximate surface area is 170 Å². The lowest BCUT2D eigenvalue weighted by atomic mass is 9.79. The van der Waals surface area contributed by atoms with Crippen molar-refractivity contribution in [1.29, 1.82) is 0 Å². The minimum absolute atomic E-state index is 0.322. The molecule has 2 aromatic rings. The number of halogens is 1. The van der Waals surface area contributed by atoms with Crippen LogP contribution in [0.5, 0.6) is 0 Å². The fourth-order valence-electron chi connectivity index (χ4n) is 4.40. The fourth-order valence-corrected chi connectivity index (χ4v) is 4.40. The molecule has 0 atom stereocenters. The van der Waals surface area contributed by atoms with E-state index in [1.165, 1.54) is 56.9 Å². The summed E-state index contributed by atoms with van der Waals surface area (Å²) in [6.07, 6.45) is 15.1. The van der Waals surface area contributed by atoms with E-state index in [0.717, 1.165) is 30.7 Å². The van der Waals surface area contributed by atoms with Gasteiger partial charge < -0.3 is 0 Å². The van der Waals surface area contributed by atoms with Gasteiger partial charge in [0.1, 0.15) is 5.82 Å². The number of nitrogens with zero attached hydrogens (tertiary/aromatic N) is 2. The van der Waals surface area contributed by atoms with Crippen molar-refractivity contribution < 1.29 is 4.39 Å². The van der Waals surface area contributed by atoms with Crippen LogP contribution in [-0.2, 0) is 6.42 Å². The maximum Gasteiger partial charge on any atom is 0.224 e. The van der Waals surface area contributed by atoms with Crippen LogP contribution in [-0.4, -0.2) is 9.97 Å². The van der Waals surface area contributed by atoms with Gasteiger partial charge in [0.15, 0.2) is 0 Å². The minimum atomic E-state index is -0.378. The minimum Gasteiger partial charge on any atom is -0.240 e. The molecule has 0 saturated heterocycles. The van der Waals surface area contributed by atoms with Gasteiger partial charge in [-0.2, -0.15) is 4.39 Å². The molecule has 1 aliphatic rings. The topological polar surface area (TPSA) is 25.8 Å². The smallest absolute Gasteiger partial charge is 0.224 e. The van der Waals surface area contributed by atoms with Crippen molar-refractivity contribution >= 4 is 0 Å². The van der Waals surface area contributed by atoms with Crippen LogP contribution in [0.15, 0.2) is 30.5 Å². The zero-order valence-electron chi connectivity index (χ0n) is 17.6. The summed E-state index contributed by atoms with van der Waals surface area (Å²) in [7, 11) is 0. The molecule has 1 heterocycles. The number of unbranched alkanes of at least 4 members (excludes halogenated alkanes) is 3. The second kappa shape index (κ2) is 10.7. The van der Waals surface area contributed by atoms with E-state index in [2.05, 4.69) is 35.9 Å². The number of hydrogen-bond acceptors (Lipinski definition) is 2. The van der Waals surface area contributed by atoms with E-state index in [1.54, 1.807) is 6.20 Å². The maximum atomic E-state index is 14.7. The van der Waals surface area contributed by atoms with Crippen molar-refractivity contribution in [3.8, 4) is 11.1 Å². The molecule has 2 nitrogen and oxygen atoms in total. The van der Waals surface area contributed by atoms with E-state index < -0.39 is 0 Å². The first-order valence-electron chi connectivity index (χ1n) is 11.3. The van der Waals surface area contributed by atoms with Crippen molar-refractivity contribution in [2.24, 2.45) is 5.92 Å². The van der Waals surface area contributed by atoms with Crippen LogP contribution in [0.3, 0.4) is 0 Å². The third kappa shape index (κ3) is 5.62. The zero-order chi connectivity index (χ0) is 19.8. The Morgan fingerprint density at radius 3 is 2.29 bits per heavy atom. The molecule has 0 bridgehead atoms. The Hall–Kier alpha value is -1.77. The zero-order valence-corrected chi connectivity index (χ0v) is 17.6. The Morgan fingerprint density at radius 1 is 0.929 bits per heavy atom. The molecule has 28 heavy (non-hydrogen) atoms. The largest absolute Gasteiger partial charge is 0.240 e. The molecule has 152 valence electrons. The number of rotatable bonds is 9. The van der Waals surface area contributed by atoms with Gasteiger partial charge in [0.2, 0.25) is 5.95 Å². The Balaban J connectivity index is 1.61. The normalized spacial score (nSPS) is 19.7. The third-order valence-corrected chi connectivity index (χ3v) is 6.27. The predicted octanol–water partition coefficient (Wildman–Crippen LogP) is 7.48. The van der Waals surface area contributed by atoms with Gasteiger partial charge in [0.05, 0.1) is 5.56 Å². The summed E-state index contributed by atoms with van der Waals surface area (Å²) in [6.45, 7) is 4.47. The molecule has 1 fully saturated rings. The first-order chi connectivity index (χ1) is 13.7. The summed E-state index contributed by atoms with van der Waals surface area (Å²) in [5, 5.41) is 0. The predicted molar refractivity (Wildman–Crippen MR) is 115 cm³/mol. The van der Waals surface area contributed by atoms with Gasteiger partial charge in [0, 0.05) is 12.1 Å². The highest BCUT2D eigenvalue weighted by Gasteiger charge is 2.24. The summed E-state index contributed by atoms with van der Waals surface area (Å²) >= 11 is 0. The first-order valence-corrected chi connectivity index (χ1v) is 11.3. The molecule has 0 aliphatic heterocycles. The summed E-state index contributed by atoms with van der Waals surface area (Å²) < 4.78 is 14.7. The molecule has 0 radical (unpaired) electrons. The van der Waals surface area contributed by atoms with E-state index in [-0.39, 0.29) is 5.95 Å². The average Bonchev–Trinajstić information content (AvgIpc) is 2.73. The summed E-state index contributed by atoms with van der Waals surface area (Å²) in [5.41, 5.74) is 2.70. The van der Waals surface area contributed by atoms with E-state index in [4.69, 9.17) is 0 Å². The average molecular weight is 383 g/mol. The Kier molecular flexibility index (Phi) is 8.00. The summed E-state index contributed by atoms with van der Waals surface area (Å²) in [4.78, 5) is 8.82. The fraction of sp³-hybridized carbons (Fsp3) is 0.600. The van der Waals surface area contributed by atoms with Gasteiger partial charge in [0.25, 0.3) is 0 Å². The number of aryl methyl sites for hydroxylation is 1. The lowest BCUT2D eigenvalue weighted by molar-refractivity contribution is 0.297. The lowest BCUT2D eigenvalue weighted by Gasteiger charge is -2.27. The molecule has 0 N–H and O–H groups in total. The van der Waals surface area contributed by atoms with Crippen LogP contribution >= 0.6 is 0 Å². The SMILES string of the molecule is CCCCCc1ccc(-c2cnc(C3CCC(CCCC)CC3)nc2F)cc1. The van der Waals surface area contributed by atoms with Crippen LogP contribution in [0.2, 0.25) is 0 Å². The highest BCUT2D eigenvalue weighted by atomic mass is 19.1. The third-order valence-electron chi connectivity index (χ3n) is 6.27. The molecule has 1 aromatic carbocycles. The van der Waals surface area contributed by atoms with Crippen molar-refractivity contribution in [2.45, 2.75) is 90.4 Å². The van der Waals surface area contributed by atoms with Crippen LogP contribution in [0, 0.1) is 11.9 Å². The molecule has 3 heteroatoms. The van der Waals surface area contributed by atoms with E-state index in [9.17, 15) is 4.39 Å². The molecular weight excluding hydrogens is 347 g/mol. The Bertz CT molecular complexity index is 718. The molecule has 1 saturated carbocycles. The van der Waals surface area contributed by atoms with E-state index >= 15 is 0 Å². The second-order valence-electron chi connectivity index (χ2n) is 8.45. The molecule has 0 spiro atoms. The quantitative estimate of drug-likeness (QED) is 0.332. The number of benzene rings is 1. The monoisotopic (exact) mass is 382 g/mol. The van der Waals surface area contributed by atoms with Crippen molar-refractivity contribution in [1.82, 2.24) is 9.97 Å². The van der Waals surface area contributed by atoms with Gasteiger partial charge in [-0.3, -0.25) is 0 Å². The van der Waals surface area contributed by atoms with Gasteiger partial charge in [-0.1, -0.05) is 70.2 Å². The summed E-state index contributed by atoms with van der Waals surface area (Å²) in [6, 6.07) is 8.22. The highest BCUT2D eigenvalue weighted by molar-refractivity contribution is 5.62. The molecule has 3 rings (SSSR count). The summed E-state index contributed by atoms with van der Waals surface area (Å²) in [5.74, 6) is 1.49. The highest BCUT2D eigenvalue weighted by Crippen LogP contribution is 2.37. The number of aromatic nitrogens is 2. The molecule has 0 unspecified atom stereocenters. The van der Waals surface area contributed by atoms with Gasteiger partial charge >= 0.3 is 0 Å². The van der Waals surface area contributed by atoms with Crippen molar-refractivity contribution in [3.63, 3.8) is 0 Å². The first kappa shape index (κ1) is 21.0. The molecule has 0 amide bonds. The van der Waals surface area contributed by atoms with E-state index in [1.807, 2.05) is 12.1 Å². The van der Waals surface area contributed by atoms with Crippen LogP contribution in [0.1, 0.15) is 95.4 Å². The lowest BCUT2D eigenvalue weighted by Crippen LogP contribution is -2.16. The van der Waals surface area contributed by atoms with Gasteiger partial charge in [-0.05, 0) is 55.6 Å². The molecule has 1 aliphatic carbocycles. The van der Waals surface area contributed by atoms with Gasteiger partial charge in [-0.25, -0.2) is 9.97 Å². The standard InChI is InChI=1S/C25H35FN2/c1-3-5-7-9-20-10-14-21(15-11-20)23-18-27-25(28-24(23)26)22-16-12-19(13-17-22)8-6-4-2/h10-11,14-15,18-19,22H,3-9,12-13,16-17H2,1-2H3. The molecular formula is C25H35FN2. The number of hydrogen-bond donors (Lipinski definition) is 0. The maximum absolute atomic E-state index is 14.7. The molecule has 1 aromatic heterocycles. The van der Waals surface area contributed by atoms with Crippen molar-refractivity contribution in [2.75, 3.05) is 0 Å². The second-order valence-corrected chi connectivity index (χ2v) is 8.45. The van der Waals surface area contributed by atoms with Gasteiger partial charge in [-0.15, -0.1) is 0 Å².